The van der Waals surface area contributed by atoms with Crippen LogP contribution in [0, 0.1) is 0 Å². The highest BCUT2D eigenvalue weighted by Crippen LogP contribution is 2.33. The molecule has 2 heterocycles. The molecule has 1 aromatic carbocycles. The van der Waals surface area contributed by atoms with Crippen molar-refractivity contribution in [2.75, 3.05) is 32.8 Å². The Balaban J connectivity index is 1.34. The van der Waals surface area contributed by atoms with Gasteiger partial charge >= 0.3 is 0 Å². The number of likely N-dealkylation sites (tertiary alicyclic amines) is 1. The zero-order valence-electron chi connectivity index (χ0n) is 23.4. The number of carbonyl (C=O) groups excluding carboxylic acids is 1. The quantitative estimate of drug-likeness (QED) is 0.204. The first-order valence-corrected chi connectivity index (χ1v) is 15.3. The number of fused-ring (bicyclic) bond motifs is 1. The fourth-order valence-electron chi connectivity index (χ4n) is 5.53. The summed E-state index contributed by atoms with van der Waals surface area (Å²) in [6.07, 6.45) is 19.0. The third kappa shape index (κ3) is 11.2. The van der Waals surface area contributed by atoms with Crippen molar-refractivity contribution in [3.05, 3.63) is 23.8 Å². The second-order valence-corrected chi connectivity index (χ2v) is 11.0. The smallest absolute Gasteiger partial charge is 0.220 e. The topological polar surface area (TPSA) is 71.0 Å². The van der Waals surface area contributed by atoms with Gasteiger partial charge in [0.25, 0.3) is 0 Å². The van der Waals surface area contributed by atoms with Gasteiger partial charge in [-0.05, 0) is 50.0 Å². The Morgan fingerprint density at radius 1 is 0.865 bits per heavy atom. The van der Waals surface area contributed by atoms with Gasteiger partial charge in [0.1, 0.15) is 19.3 Å². The molecule has 1 saturated heterocycles. The standard InChI is InChI=1S/C31H52N2O4/c1-2-3-4-5-6-7-8-9-10-11-12-13-14-17-30(34)32-27(25-33-20-15-16-21-33)31(35)26-18-19-28-29(24-26)37-23-22-36-28/h18-19,24,27,31,35H,2-17,20-23,25H2,1H3,(H,32,34)/t27-,31-/m1/s1. The molecule has 37 heavy (non-hydrogen) atoms. The van der Waals surface area contributed by atoms with E-state index < -0.39 is 6.10 Å². The summed E-state index contributed by atoms with van der Waals surface area (Å²) in [7, 11) is 0. The van der Waals surface area contributed by atoms with Gasteiger partial charge in [0, 0.05) is 13.0 Å². The minimum absolute atomic E-state index is 0.0452. The van der Waals surface area contributed by atoms with Gasteiger partial charge in [-0.25, -0.2) is 0 Å². The lowest BCUT2D eigenvalue weighted by atomic mass is 10.0. The third-order valence-corrected chi connectivity index (χ3v) is 7.80. The normalized spacial score (nSPS) is 17.0. The number of ether oxygens (including phenoxy) is 2. The van der Waals surface area contributed by atoms with Gasteiger partial charge in [0.2, 0.25) is 5.91 Å². The van der Waals surface area contributed by atoms with Crippen LogP contribution in [0.3, 0.4) is 0 Å². The van der Waals surface area contributed by atoms with E-state index in [0.29, 0.717) is 37.7 Å². The number of unbranched alkanes of at least 4 members (excludes halogenated alkanes) is 12. The van der Waals surface area contributed by atoms with E-state index in [1.165, 1.54) is 83.5 Å². The summed E-state index contributed by atoms with van der Waals surface area (Å²) in [5, 5.41) is 14.4. The molecule has 2 atom stereocenters. The first-order chi connectivity index (χ1) is 18.2. The van der Waals surface area contributed by atoms with Gasteiger partial charge < -0.3 is 24.8 Å². The van der Waals surface area contributed by atoms with E-state index in [-0.39, 0.29) is 11.9 Å². The summed E-state index contributed by atoms with van der Waals surface area (Å²) >= 11 is 0. The molecule has 0 unspecified atom stereocenters. The number of benzene rings is 1. The van der Waals surface area contributed by atoms with E-state index in [0.717, 1.165) is 31.5 Å². The molecule has 0 aliphatic carbocycles. The molecule has 6 nitrogen and oxygen atoms in total. The highest BCUT2D eigenvalue weighted by molar-refractivity contribution is 5.76. The van der Waals surface area contributed by atoms with Gasteiger partial charge in [-0.2, -0.15) is 0 Å². The number of aliphatic hydroxyl groups excluding tert-OH is 1. The minimum Gasteiger partial charge on any atom is -0.486 e. The molecule has 0 radical (unpaired) electrons. The predicted octanol–water partition coefficient (Wildman–Crippen LogP) is 6.55. The van der Waals surface area contributed by atoms with Crippen molar-refractivity contribution in [3.63, 3.8) is 0 Å². The molecule has 3 rings (SSSR count). The van der Waals surface area contributed by atoms with Crippen LogP contribution in [0.15, 0.2) is 18.2 Å². The fourth-order valence-corrected chi connectivity index (χ4v) is 5.53. The molecule has 1 amide bonds. The zero-order chi connectivity index (χ0) is 26.1. The van der Waals surface area contributed by atoms with Crippen molar-refractivity contribution in [2.24, 2.45) is 0 Å². The molecule has 6 heteroatoms. The van der Waals surface area contributed by atoms with Crippen LogP contribution in [0.2, 0.25) is 0 Å². The maximum absolute atomic E-state index is 12.8. The maximum Gasteiger partial charge on any atom is 0.220 e. The van der Waals surface area contributed by atoms with E-state index >= 15 is 0 Å². The molecule has 1 aromatic rings. The van der Waals surface area contributed by atoms with Gasteiger partial charge in [-0.3, -0.25) is 4.79 Å². The number of hydrogen-bond donors (Lipinski definition) is 2. The van der Waals surface area contributed by atoms with E-state index in [2.05, 4.69) is 17.1 Å². The average molecular weight is 517 g/mol. The molecule has 210 valence electrons. The Labute approximate surface area is 225 Å². The van der Waals surface area contributed by atoms with Crippen molar-refractivity contribution in [1.29, 1.82) is 0 Å². The molecule has 0 saturated carbocycles. The Bertz CT molecular complexity index is 766. The summed E-state index contributed by atoms with van der Waals surface area (Å²) in [4.78, 5) is 15.2. The van der Waals surface area contributed by atoms with Crippen LogP contribution in [-0.4, -0.2) is 54.8 Å². The number of nitrogens with one attached hydrogen (secondary N) is 1. The van der Waals surface area contributed by atoms with Crippen LogP contribution >= 0.6 is 0 Å². The van der Waals surface area contributed by atoms with Crippen LogP contribution in [0.4, 0.5) is 0 Å². The fraction of sp³-hybridized carbons (Fsp3) is 0.774. The summed E-state index contributed by atoms with van der Waals surface area (Å²) in [6.45, 7) is 6.05. The monoisotopic (exact) mass is 516 g/mol. The summed E-state index contributed by atoms with van der Waals surface area (Å²) in [5.74, 6) is 1.43. The summed E-state index contributed by atoms with van der Waals surface area (Å²) in [5.41, 5.74) is 0.759. The average Bonchev–Trinajstić information content (AvgIpc) is 3.43. The Hall–Kier alpha value is -1.79. The molecule has 2 N–H and O–H groups in total. The largest absolute Gasteiger partial charge is 0.486 e. The van der Waals surface area contributed by atoms with Crippen molar-refractivity contribution in [3.8, 4) is 11.5 Å². The van der Waals surface area contributed by atoms with Gasteiger partial charge in [-0.15, -0.1) is 0 Å². The first-order valence-electron chi connectivity index (χ1n) is 15.3. The molecule has 0 spiro atoms. The molecule has 2 aliphatic heterocycles. The Morgan fingerprint density at radius 2 is 1.43 bits per heavy atom. The predicted molar refractivity (Wildman–Crippen MR) is 150 cm³/mol. The molecule has 2 aliphatic rings. The molecular formula is C31H52N2O4. The second kappa shape index (κ2) is 17.7. The van der Waals surface area contributed by atoms with Crippen molar-refractivity contribution >= 4 is 5.91 Å². The van der Waals surface area contributed by atoms with E-state index in [1.54, 1.807) is 0 Å². The summed E-state index contributed by atoms with van der Waals surface area (Å²) < 4.78 is 11.3. The summed E-state index contributed by atoms with van der Waals surface area (Å²) in [6, 6.07) is 5.26. The lowest BCUT2D eigenvalue weighted by Crippen LogP contribution is -2.46. The Morgan fingerprint density at radius 3 is 2.05 bits per heavy atom. The van der Waals surface area contributed by atoms with Crippen LogP contribution < -0.4 is 14.8 Å². The van der Waals surface area contributed by atoms with Gasteiger partial charge in [-0.1, -0.05) is 90.0 Å². The third-order valence-electron chi connectivity index (χ3n) is 7.80. The molecular weight excluding hydrogens is 464 g/mol. The molecule has 0 aromatic heterocycles. The number of carbonyl (C=O) groups is 1. The van der Waals surface area contributed by atoms with Gasteiger partial charge in [0.05, 0.1) is 6.04 Å². The van der Waals surface area contributed by atoms with E-state index in [9.17, 15) is 9.90 Å². The van der Waals surface area contributed by atoms with Crippen LogP contribution in [-0.2, 0) is 4.79 Å². The number of aliphatic hydroxyl groups is 1. The number of amides is 1. The second-order valence-electron chi connectivity index (χ2n) is 11.0. The molecule has 1 fully saturated rings. The van der Waals surface area contributed by atoms with Crippen LogP contribution in [0.1, 0.15) is 121 Å². The lowest BCUT2D eigenvalue weighted by Gasteiger charge is -2.29. The zero-order valence-corrected chi connectivity index (χ0v) is 23.4. The Kier molecular flexibility index (Phi) is 14.2. The van der Waals surface area contributed by atoms with Crippen molar-refractivity contribution < 1.29 is 19.4 Å². The number of nitrogens with zero attached hydrogens (tertiary/aromatic N) is 1. The van der Waals surface area contributed by atoms with Crippen LogP contribution in [0.5, 0.6) is 11.5 Å². The van der Waals surface area contributed by atoms with E-state index in [4.69, 9.17) is 9.47 Å². The lowest BCUT2D eigenvalue weighted by molar-refractivity contribution is -0.123. The maximum atomic E-state index is 12.8. The number of rotatable bonds is 19. The highest BCUT2D eigenvalue weighted by Gasteiger charge is 2.27. The number of hydrogen-bond acceptors (Lipinski definition) is 5. The SMILES string of the molecule is CCCCCCCCCCCCCCCC(=O)N[C@H](CN1CCCC1)[C@H](O)c1ccc2c(c1)OCCO2. The highest BCUT2D eigenvalue weighted by atomic mass is 16.6. The first kappa shape index (κ1) is 29.8. The van der Waals surface area contributed by atoms with Crippen molar-refractivity contribution in [2.45, 2.75) is 122 Å². The van der Waals surface area contributed by atoms with Crippen molar-refractivity contribution in [1.82, 2.24) is 10.2 Å². The minimum atomic E-state index is -0.785. The van der Waals surface area contributed by atoms with Crippen LogP contribution in [0.25, 0.3) is 0 Å². The van der Waals surface area contributed by atoms with E-state index in [1.807, 2.05) is 18.2 Å². The van der Waals surface area contributed by atoms with Gasteiger partial charge in [0.15, 0.2) is 11.5 Å². The molecule has 0 bridgehead atoms.